The van der Waals surface area contributed by atoms with Crippen LogP contribution in [0.5, 0.6) is 0 Å². The molecule has 1 aromatic rings. The zero-order valence-corrected chi connectivity index (χ0v) is 18.4. The van der Waals surface area contributed by atoms with Crippen LogP contribution in [-0.2, 0) is 25.5 Å². The quantitative estimate of drug-likeness (QED) is 0.647. The van der Waals surface area contributed by atoms with E-state index in [4.69, 9.17) is 14.2 Å². The molecule has 0 aliphatic carbocycles. The van der Waals surface area contributed by atoms with Gasteiger partial charge in [0.05, 0.1) is 25.8 Å². The van der Waals surface area contributed by atoms with E-state index in [-0.39, 0.29) is 18.6 Å². The highest BCUT2D eigenvalue weighted by Crippen LogP contribution is 2.30. The number of carbonyl (C=O) groups is 2. The maximum atomic E-state index is 12.9. The summed E-state index contributed by atoms with van der Waals surface area (Å²) in [7, 11) is 0. The Bertz CT molecular complexity index is 684. The van der Waals surface area contributed by atoms with Crippen LogP contribution in [-0.4, -0.2) is 65.5 Å². The first kappa shape index (κ1) is 23.2. The van der Waals surface area contributed by atoms with Crippen molar-refractivity contribution < 1.29 is 23.8 Å². The number of hydrogen-bond acceptors (Lipinski definition) is 6. The van der Waals surface area contributed by atoms with Crippen LogP contribution in [0.15, 0.2) is 30.3 Å². The fraction of sp³-hybridized carbons (Fsp3) is 0.636. The summed E-state index contributed by atoms with van der Waals surface area (Å²) >= 11 is 0. The maximum absolute atomic E-state index is 12.9. The van der Waals surface area contributed by atoms with Crippen LogP contribution in [0.25, 0.3) is 0 Å². The van der Waals surface area contributed by atoms with Crippen molar-refractivity contribution in [2.75, 3.05) is 26.3 Å². The lowest BCUT2D eigenvalue weighted by Crippen LogP contribution is -2.53. The van der Waals surface area contributed by atoms with Crippen LogP contribution < -0.4 is 0 Å². The zero-order chi connectivity index (χ0) is 21.7. The molecule has 1 saturated heterocycles. The van der Waals surface area contributed by atoms with E-state index in [1.165, 1.54) is 0 Å². The van der Waals surface area contributed by atoms with Crippen molar-refractivity contribution in [3.8, 4) is 0 Å². The number of esters is 1. The van der Waals surface area contributed by atoms with Gasteiger partial charge in [0.25, 0.3) is 0 Å². The Balaban J connectivity index is 2.17. The van der Waals surface area contributed by atoms with Gasteiger partial charge in [0.2, 0.25) is 0 Å². The summed E-state index contributed by atoms with van der Waals surface area (Å²) in [5.41, 5.74) is -0.302. The van der Waals surface area contributed by atoms with Gasteiger partial charge in [-0.05, 0) is 47.1 Å². The van der Waals surface area contributed by atoms with Gasteiger partial charge in [-0.15, -0.1) is 0 Å². The Hall–Kier alpha value is -2.12. The van der Waals surface area contributed by atoms with Crippen molar-refractivity contribution in [1.82, 2.24) is 9.80 Å². The van der Waals surface area contributed by atoms with Gasteiger partial charge in [-0.1, -0.05) is 30.3 Å². The lowest BCUT2D eigenvalue weighted by Gasteiger charge is -2.36. The fourth-order valence-corrected chi connectivity index (χ4v) is 3.41. The lowest BCUT2D eigenvalue weighted by molar-refractivity contribution is -0.144. The average Bonchev–Trinajstić information content (AvgIpc) is 2.88. The van der Waals surface area contributed by atoms with Crippen molar-refractivity contribution in [3.63, 3.8) is 0 Å². The van der Waals surface area contributed by atoms with Crippen LogP contribution in [0.2, 0.25) is 0 Å². The highest BCUT2D eigenvalue weighted by Gasteiger charge is 2.46. The molecule has 0 unspecified atom stereocenters. The zero-order valence-electron chi connectivity index (χ0n) is 18.4. The molecule has 1 aliphatic heterocycles. The van der Waals surface area contributed by atoms with Crippen LogP contribution >= 0.6 is 0 Å². The Morgan fingerprint density at radius 3 is 2.48 bits per heavy atom. The molecule has 7 nitrogen and oxygen atoms in total. The fourth-order valence-electron chi connectivity index (χ4n) is 3.41. The molecule has 1 atom stereocenters. The molecular weight excluding hydrogens is 372 g/mol. The van der Waals surface area contributed by atoms with Crippen molar-refractivity contribution in [2.45, 2.75) is 65.5 Å². The van der Waals surface area contributed by atoms with Gasteiger partial charge in [-0.3, -0.25) is 14.6 Å². The smallest absolute Gasteiger partial charge is 0.412 e. The second-order valence-corrected chi connectivity index (χ2v) is 8.72. The second-order valence-electron chi connectivity index (χ2n) is 8.72. The molecule has 2 rings (SSSR count). The van der Waals surface area contributed by atoms with Crippen LogP contribution in [0.1, 0.15) is 47.1 Å². The molecule has 1 fully saturated rings. The number of hydrogen-bond donors (Lipinski definition) is 0. The van der Waals surface area contributed by atoms with E-state index in [0.29, 0.717) is 26.3 Å². The Kier molecular flexibility index (Phi) is 7.66. The van der Waals surface area contributed by atoms with Crippen LogP contribution in [0, 0.1) is 0 Å². The van der Waals surface area contributed by atoms with Gasteiger partial charge in [-0.25, -0.2) is 4.79 Å². The Morgan fingerprint density at radius 2 is 1.90 bits per heavy atom. The van der Waals surface area contributed by atoms with E-state index in [1.807, 2.05) is 69.9 Å². The Morgan fingerprint density at radius 1 is 1.24 bits per heavy atom. The van der Waals surface area contributed by atoms with Crippen LogP contribution in [0.3, 0.4) is 0 Å². The lowest BCUT2D eigenvalue weighted by atomic mass is 10.1. The van der Waals surface area contributed by atoms with Gasteiger partial charge in [0.1, 0.15) is 11.3 Å². The molecule has 1 heterocycles. The molecule has 1 aromatic carbocycles. The van der Waals surface area contributed by atoms with Gasteiger partial charge >= 0.3 is 12.1 Å². The molecule has 0 spiro atoms. The minimum atomic E-state index is -0.782. The van der Waals surface area contributed by atoms with E-state index in [1.54, 1.807) is 11.8 Å². The van der Waals surface area contributed by atoms with E-state index in [2.05, 4.69) is 0 Å². The number of rotatable bonds is 7. The first-order chi connectivity index (χ1) is 13.5. The third-order valence-electron chi connectivity index (χ3n) is 4.54. The van der Waals surface area contributed by atoms with E-state index in [9.17, 15) is 9.59 Å². The molecule has 0 radical (unpaired) electrons. The first-order valence-corrected chi connectivity index (χ1v) is 10.1. The molecule has 0 N–H and O–H groups in total. The second kappa shape index (κ2) is 9.59. The van der Waals surface area contributed by atoms with Gasteiger partial charge < -0.3 is 14.2 Å². The monoisotopic (exact) mass is 406 g/mol. The molecule has 1 aliphatic rings. The summed E-state index contributed by atoms with van der Waals surface area (Å²) < 4.78 is 16.6. The minimum Gasteiger partial charge on any atom is -0.465 e. The normalized spacial score (nSPS) is 18.7. The topological polar surface area (TPSA) is 68.3 Å². The SMILES string of the molecule is CCOC(=O)CN(Cc1ccccc1)C[C@H]1COC(C)(C)N1C(=O)OC(C)(C)C. The maximum Gasteiger partial charge on any atom is 0.412 e. The predicted molar refractivity (Wildman–Crippen MR) is 110 cm³/mol. The standard InChI is InChI=1S/C22H34N2O5/c1-7-27-19(25)15-23(13-17-11-9-8-10-12-17)14-18-16-28-22(5,6)24(18)20(26)29-21(2,3)4/h8-12,18H,7,13-16H2,1-6H3/t18-/m0/s1. The molecule has 0 bridgehead atoms. The summed E-state index contributed by atoms with van der Waals surface area (Å²) in [6, 6.07) is 9.67. The Labute approximate surface area is 173 Å². The van der Waals surface area contributed by atoms with E-state index in [0.717, 1.165) is 5.56 Å². The van der Waals surface area contributed by atoms with E-state index >= 15 is 0 Å². The minimum absolute atomic E-state index is 0.141. The number of amides is 1. The third kappa shape index (κ3) is 7.01. The van der Waals surface area contributed by atoms with Crippen molar-refractivity contribution in [1.29, 1.82) is 0 Å². The van der Waals surface area contributed by atoms with Gasteiger partial charge in [-0.2, -0.15) is 0 Å². The summed E-state index contributed by atoms with van der Waals surface area (Å²) in [6.07, 6.45) is -0.416. The van der Waals surface area contributed by atoms with Gasteiger partial charge in [0, 0.05) is 13.1 Å². The van der Waals surface area contributed by atoms with Gasteiger partial charge in [0.15, 0.2) is 0 Å². The van der Waals surface area contributed by atoms with Crippen molar-refractivity contribution >= 4 is 12.1 Å². The molecule has 1 amide bonds. The predicted octanol–water partition coefficient (Wildman–Crippen LogP) is 3.42. The molecule has 7 heteroatoms. The summed E-state index contributed by atoms with van der Waals surface area (Å²) in [4.78, 5) is 28.6. The number of ether oxygens (including phenoxy) is 3. The summed E-state index contributed by atoms with van der Waals surface area (Å²) in [6.45, 7) is 12.9. The summed E-state index contributed by atoms with van der Waals surface area (Å²) in [5, 5.41) is 0. The third-order valence-corrected chi connectivity index (χ3v) is 4.54. The highest BCUT2D eigenvalue weighted by atomic mass is 16.6. The molecule has 29 heavy (non-hydrogen) atoms. The molecular formula is C22H34N2O5. The highest BCUT2D eigenvalue weighted by molar-refractivity contribution is 5.72. The first-order valence-electron chi connectivity index (χ1n) is 10.1. The number of carbonyl (C=O) groups excluding carboxylic acids is 2. The number of nitrogens with zero attached hydrogens (tertiary/aromatic N) is 2. The van der Waals surface area contributed by atoms with Crippen molar-refractivity contribution in [2.24, 2.45) is 0 Å². The summed E-state index contributed by atoms with van der Waals surface area (Å²) in [5.74, 6) is -0.287. The van der Waals surface area contributed by atoms with E-state index < -0.39 is 17.4 Å². The average molecular weight is 407 g/mol. The molecule has 162 valence electrons. The molecule has 0 aromatic heterocycles. The number of benzene rings is 1. The largest absolute Gasteiger partial charge is 0.465 e. The van der Waals surface area contributed by atoms with Crippen molar-refractivity contribution in [3.05, 3.63) is 35.9 Å². The van der Waals surface area contributed by atoms with Crippen LogP contribution in [0.4, 0.5) is 4.79 Å². The molecule has 0 saturated carbocycles.